The maximum atomic E-state index is 5.63. The van der Waals surface area contributed by atoms with E-state index in [1.807, 2.05) is 0 Å². The Morgan fingerprint density at radius 3 is 2.17 bits per heavy atom. The molecule has 18 heavy (non-hydrogen) atoms. The second-order valence-electron chi connectivity index (χ2n) is 6.80. The van der Waals surface area contributed by atoms with Crippen LogP contribution in [0.1, 0.15) is 60.3 Å². The fraction of sp³-hybridized carbons (Fsp3) is 1.00. The standard InChI is InChI=1S/C16H33NO/c1-6-17-15(12-18-7-2)13-8-10-14(11-9-13)16(3,4)5/h13-15,17H,6-12H2,1-5H3. The zero-order valence-corrected chi connectivity index (χ0v) is 13.1. The van der Waals surface area contributed by atoms with Gasteiger partial charge in [-0.25, -0.2) is 0 Å². The molecule has 1 saturated carbocycles. The summed E-state index contributed by atoms with van der Waals surface area (Å²) in [5.74, 6) is 1.72. The molecular formula is C16H33NO. The summed E-state index contributed by atoms with van der Waals surface area (Å²) in [4.78, 5) is 0. The van der Waals surface area contributed by atoms with Crippen LogP contribution in [0, 0.1) is 17.3 Å². The Labute approximate surface area is 114 Å². The molecule has 2 heteroatoms. The normalized spacial score (nSPS) is 27.2. The van der Waals surface area contributed by atoms with E-state index < -0.39 is 0 Å². The third kappa shape index (κ3) is 4.89. The number of likely N-dealkylation sites (N-methyl/N-ethyl adjacent to an activating group) is 1. The van der Waals surface area contributed by atoms with Gasteiger partial charge in [-0.15, -0.1) is 0 Å². The van der Waals surface area contributed by atoms with Crippen molar-refractivity contribution in [3.63, 3.8) is 0 Å². The summed E-state index contributed by atoms with van der Waals surface area (Å²) in [6, 6.07) is 0.566. The van der Waals surface area contributed by atoms with Gasteiger partial charge < -0.3 is 10.1 Å². The van der Waals surface area contributed by atoms with E-state index in [1.54, 1.807) is 0 Å². The first-order chi connectivity index (χ1) is 8.49. The van der Waals surface area contributed by atoms with Crippen LogP contribution in [0.4, 0.5) is 0 Å². The Hall–Kier alpha value is -0.0800. The second kappa shape index (κ2) is 7.49. The predicted octanol–water partition coefficient (Wildman–Crippen LogP) is 3.85. The van der Waals surface area contributed by atoms with Gasteiger partial charge in [-0.3, -0.25) is 0 Å². The van der Waals surface area contributed by atoms with E-state index in [0.29, 0.717) is 11.5 Å². The highest BCUT2D eigenvalue weighted by atomic mass is 16.5. The predicted molar refractivity (Wildman–Crippen MR) is 78.9 cm³/mol. The lowest BCUT2D eigenvalue weighted by Gasteiger charge is -2.39. The molecule has 0 bridgehead atoms. The lowest BCUT2D eigenvalue weighted by Crippen LogP contribution is -2.42. The largest absolute Gasteiger partial charge is 0.380 e. The minimum absolute atomic E-state index is 0.485. The Kier molecular flexibility index (Phi) is 6.65. The molecule has 1 N–H and O–H groups in total. The summed E-state index contributed by atoms with van der Waals surface area (Å²) < 4.78 is 5.63. The average Bonchev–Trinajstić information content (AvgIpc) is 2.33. The van der Waals surface area contributed by atoms with Gasteiger partial charge in [-0.1, -0.05) is 27.7 Å². The molecule has 1 fully saturated rings. The van der Waals surface area contributed by atoms with E-state index in [-0.39, 0.29) is 0 Å². The molecule has 0 heterocycles. The number of hydrogen-bond donors (Lipinski definition) is 1. The maximum absolute atomic E-state index is 5.63. The van der Waals surface area contributed by atoms with Gasteiger partial charge >= 0.3 is 0 Å². The van der Waals surface area contributed by atoms with Gasteiger partial charge in [0.05, 0.1) is 6.61 Å². The smallest absolute Gasteiger partial charge is 0.0622 e. The molecule has 0 aromatic rings. The van der Waals surface area contributed by atoms with Crippen LogP contribution < -0.4 is 5.32 Å². The van der Waals surface area contributed by atoms with Crippen LogP contribution in [0.2, 0.25) is 0 Å². The van der Waals surface area contributed by atoms with Gasteiger partial charge in [0, 0.05) is 12.6 Å². The van der Waals surface area contributed by atoms with E-state index in [4.69, 9.17) is 4.74 Å². The van der Waals surface area contributed by atoms with Crippen molar-refractivity contribution in [3.8, 4) is 0 Å². The van der Waals surface area contributed by atoms with Crippen LogP contribution in [0.3, 0.4) is 0 Å². The first-order valence-corrected chi connectivity index (χ1v) is 7.80. The summed E-state index contributed by atoms with van der Waals surface area (Å²) in [7, 11) is 0. The molecule has 2 nitrogen and oxygen atoms in total. The molecule has 0 saturated heterocycles. The highest BCUT2D eigenvalue weighted by Crippen LogP contribution is 2.40. The van der Waals surface area contributed by atoms with Gasteiger partial charge in [0.25, 0.3) is 0 Å². The molecular weight excluding hydrogens is 222 g/mol. The van der Waals surface area contributed by atoms with E-state index in [1.165, 1.54) is 25.7 Å². The molecule has 1 aliphatic carbocycles. The van der Waals surface area contributed by atoms with Crippen molar-refractivity contribution in [3.05, 3.63) is 0 Å². The average molecular weight is 255 g/mol. The lowest BCUT2D eigenvalue weighted by molar-refractivity contribution is 0.0743. The minimum atomic E-state index is 0.485. The van der Waals surface area contributed by atoms with Crippen molar-refractivity contribution in [1.29, 1.82) is 0 Å². The van der Waals surface area contributed by atoms with Gasteiger partial charge in [0.1, 0.15) is 0 Å². The van der Waals surface area contributed by atoms with Crippen LogP contribution in [0.15, 0.2) is 0 Å². The number of ether oxygens (including phenoxy) is 1. The maximum Gasteiger partial charge on any atom is 0.0622 e. The van der Waals surface area contributed by atoms with Crippen LogP contribution in [0.25, 0.3) is 0 Å². The fourth-order valence-corrected chi connectivity index (χ4v) is 3.26. The summed E-state index contributed by atoms with van der Waals surface area (Å²) in [5.41, 5.74) is 0.485. The van der Waals surface area contributed by atoms with Crippen LogP contribution in [0.5, 0.6) is 0 Å². The zero-order valence-electron chi connectivity index (χ0n) is 13.1. The van der Waals surface area contributed by atoms with Crippen LogP contribution >= 0.6 is 0 Å². The Bertz CT molecular complexity index is 214. The third-order valence-corrected chi connectivity index (χ3v) is 4.53. The van der Waals surface area contributed by atoms with Crippen LogP contribution in [-0.2, 0) is 4.74 Å². The summed E-state index contributed by atoms with van der Waals surface area (Å²) >= 11 is 0. The first-order valence-electron chi connectivity index (χ1n) is 7.80. The van der Waals surface area contributed by atoms with E-state index >= 15 is 0 Å². The molecule has 1 rings (SSSR count). The number of nitrogens with one attached hydrogen (secondary N) is 1. The van der Waals surface area contributed by atoms with Crippen molar-refractivity contribution in [2.75, 3.05) is 19.8 Å². The Morgan fingerprint density at radius 1 is 1.11 bits per heavy atom. The molecule has 108 valence electrons. The molecule has 0 amide bonds. The molecule has 0 aromatic carbocycles. The highest BCUT2D eigenvalue weighted by Gasteiger charge is 2.32. The van der Waals surface area contributed by atoms with Crippen molar-refractivity contribution < 1.29 is 4.74 Å². The number of rotatable bonds is 6. The molecule has 0 aliphatic heterocycles. The van der Waals surface area contributed by atoms with Crippen LogP contribution in [-0.4, -0.2) is 25.8 Å². The van der Waals surface area contributed by atoms with E-state index in [2.05, 4.69) is 39.9 Å². The van der Waals surface area contributed by atoms with Gasteiger partial charge in [0.2, 0.25) is 0 Å². The zero-order chi connectivity index (χ0) is 13.6. The van der Waals surface area contributed by atoms with E-state index in [0.717, 1.165) is 31.6 Å². The SMILES string of the molecule is CCNC(COCC)C1CCC(C(C)(C)C)CC1. The van der Waals surface area contributed by atoms with Crippen molar-refractivity contribution in [2.45, 2.75) is 66.3 Å². The molecule has 1 atom stereocenters. The summed E-state index contributed by atoms with van der Waals surface area (Å²) in [5, 5.41) is 3.62. The van der Waals surface area contributed by atoms with Crippen molar-refractivity contribution >= 4 is 0 Å². The quantitative estimate of drug-likeness (QED) is 0.778. The summed E-state index contributed by atoms with van der Waals surface area (Å²) in [6.07, 6.45) is 5.52. The molecule has 1 unspecified atom stereocenters. The first kappa shape index (κ1) is 16.0. The minimum Gasteiger partial charge on any atom is -0.380 e. The van der Waals surface area contributed by atoms with Crippen molar-refractivity contribution in [2.24, 2.45) is 17.3 Å². The monoisotopic (exact) mass is 255 g/mol. The van der Waals surface area contributed by atoms with Gasteiger partial charge in [0.15, 0.2) is 0 Å². The lowest BCUT2D eigenvalue weighted by atomic mass is 9.68. The Morgan fingerprint density at radius 2 is 1.72 bits per heavy atom. The summed E-state index contributed by atoms with van der Waals surface area (Å²) in [6.45, 7) is 14.2. The fourth-order valence-electron chi connectivity index (χ4n) is 3.26. The van der Waals surface area contributed by atoms with E-state index in [9.17, 15) is 0 Å². The third-order valence-electron chi connectivity index (χ3n) is 4.53. The second-order valence-corrected chi connectivity index (χ2v) is 6.80. The van der Waals surface area contributed by atoms with Gasteiger partial charge in [-0.05, 0) is 56.4 Å². The van der Waals surface area contributed by atoms with Gasteiger partial charge in [-0.2, -0.15) is 0 Å². The molecule has 0 spiro atoms. The Balaban J connectivity index is 2.43. The highest BCUT2D eigenvalue weighted by molar-refractivity contribution is 4.85. The molecule has 0 radical (unpaired) electrons. The topological polar surface area (TPSA) is 21.3 Å². The molecule has 1 aliphatic rings. The van der Waals surface area contributed by atoms with Crippen molar-refractivity contribution in [1.82, 2.24) is 5.32 Å². The molecule has 0 aromatic heterocycles. The number of hydrogen-bond acceptors (Lipinski definition) is 2.